The third-order valence-electron chi connectivity index (χ3n) is 8.44. The molecule has 37 heavy (non-hydrogen) atoms. The number of Topliss-reactive ketones (excluding diaryl/α,β-unsaturated/α-hetero) is 1. The third-order valence-corrected chi connectivity index (χ3v) is 8.44. The molecule has 6 unspecified atom stereocenters. The van der Waals surface area contributed by atoms with Crippen LogP contribution in [0.25, 0.3) is 0 Å². The van der Waals surface area contributed by atoms with Gasteiger partial charge < -0.3 is 9.47 Å². The number of carbonyl (C=O) groups excluding carboxylic acids is 3. The summed E-state index contributed by atoms with van der Waals surface area (Å²) in [4.78, 5) is 46.4. The zero-order valence-corrected chi connectivity index (χ0v) is 24.0. The molecule has 1 aliphatic heterocycles. The molecule has 0 radical (unpaired) electrons. The molecule has 0 amide bonds. The minimum Gasteiger partial charge on any atom is -0.467 e. The van der Waals surface area contributed by atoms with E-state index in [9.17, 15) is 14.4 Å². The smallest absolute Gasteiger partial charge is 0.338 e. The van der Waals surface area contributed by atoms with Gasteiger partial charge in [-0.25, -0.2) is 4.79 Å². The lowest BCUT2D eigenvalue weighted by Crippen LogP contribution is -2.68. The summed E-state index contributed by atoms with van der Waals surface area (Å²) < 4.78 is 10.8. The molecule has 6 atom stereocenters. The first kappa shape index (κ1) is 31.0. The van der Waals surface area contributed by atoms with Gasteiger partial charge in [0.2, 0.25) is 0 Å². The number of nitrogens with zero attached hydrogens (tertiary/aromatic N) is 1. The highest BCUT2D eigenvalue weighted by atomic mass is 16.7. The number of hydrogen-bond donors (Lipinski definition) is 0. The number of unbranched alkanes of at least 4 members (excludes halogenated alkanes) is 1. The van der Waals surface area contributed by atoms with E-state index < -0.39 is 35.0 Å². The van der Waals surface area contributed by atoms with E-state index in [4.69, 9.17) is 14.3 Å². The Hall–Kier alpha value is -2.25. The Bertz CT molecular complexity index is 905. The minimum absolute atomic E-state index is 0.0299. The fraction of sp³-hybridized carbons (Fsp3) is 0.700. The second-order valence-corrected chi connectivity index (χ2v) is 10.9. The van der Waals surface area contributed by atoms with E-state index in [1.165, 1.54) is 7.11 Å². The molecule has 1 saturated heterocycles. The first-order valence-corrected chi connectivity index (χ1v) is 13.8. The van der Waals surface area contributed by atoms with Crippen molar-refractivity contribution >= 4 is 17.7 Å². The minimum atomic E-state index is -1.21. The summed E-state index contributed by atoms with van der Waals surface area (Å²) >= 11 is 0. The lowest BCUT2D eigenvalue weighted by molar-refractivity contribution is -0.319. The van der Waals surface area contributed by atoms with Crippen LogP contribution in [0, 0.1) is 11.8 Å². The number of carbonyl (C=O) groups is 3. The standard InChI is InChI=1S/C30H47NO6/c1-9-12-18-36-27(33)24(19-21(4)23-16-14-13-15-17-23)26(28(34)35-8)37-31-29(6,10-2)20-25(32)22(5)30(31,7)11-3/h13-17,21-22,24,26H,9-12,18-20H2,1-8H3. The number of ketones is 1. The Morgan fingerprint density at radius 3 is 2.27 bits per heavy atom. The molecule has 2 rings (SSSR count). The molecule has 1 heterocycles. The van der Waals surface area contributed by atoms with Crippen molar-refractivity contribution in [3.63, 3.8) is 0 Å². The second-order valence-electron chi connectivity index (χ2n) is 10.9. The van der Waals surface area contributed by atoms with E-state index in [1.807, 2.05) is 83.9 Å². The maximum Gasteiger partial charge on any atom is 0.338 e. The van der Waals surface area contributed by atoms with Crippen LogP contribution in [-0.2, 0) is 28.7 Å². The number of piperidine rings is 1. The Morgan fingerprint density at radius 1 is 1.08 bits per heavy atom. The third kappa shape index (κ3) is 6.99. The topological polar surface area (TPSA) is 82.1 Å². The number of hydroxylamine groups is 2. The zero-order chi connectivity index (χ0) is 27.8. The van der Waals surface area contributed by atoms with Crippen molar-refractivity contribution in [2.75, 3.05) is 13.7 Å². The van der Waals surface area contributed by atoms with E-state index in [-0.39, 0.29) is 24.2 Å². The highest BCUT2D eigenvalue weighted by Gasteiger charge is 2.55. The van der Waals surface area contributed by atoms with Crippen LogP contribution in [0.3, 0.4) is 0 Å². The Kier molecular flexibility index (Phi) is 11.3. The number of methoxy groups -OCH3 is 1. The van der Waals surface area contributed by atoms with Gasteiger partial charge in [-0.05, 0) is 51.0 Å². The highest BCUT2D eigenvalue weighted by molar-refractivity contribution is 5.85. The second kappa shape index (κ2) is 13.5. The predicted octanol–water partition coefficient (Wildman–Crippen LogP) is 5.86. The average molecular weight is 518 g/mol. The summed E-state index contributed by atoms with van der Waals surface area (Å²) in [6.07, 6.45) is 2.35. The number of esters is 2. The molecule has 7 heteroatoms. The van der Waals surface area contributed by atoms with E-state index in [2.05, 4.69) is 0 Å². The molecule has 0 aromatic heterocycles. The average Bonchev–Trinajstić information content (AvgIpc) is 2.90. The molecular formula is C30H47NO6. The van der Waals surface area contributed by atoms with E-state index in [0.717, 1.165) is 18.4 Å². The summed E-state index contributed by atoms with van der Waals surface area (Å²) in [5, 5.41) is 1.84. The fourth-order valence-electron chi connectivity index (χ4n) is 5.28. The normalized spacial score (nSPS) is 26.8. The van der Waals surface area contributed by atoms with Crippen LogP contribution in [0.2, 0.25) is 0 Å². The Balaban J connectivity index is 2.52. The summed E-state index contributed by atoms with van der Waals surface area (Å²) in [5.41, 5.74) is -0.234. The van der Waals surface area contributed by atoms with Crippen LogP contribution < -0.4 is 0 Å². The first-order valence-electron chi connectivity index (χ1n) is 13.8. The van der Waals surface area contributed by atoms with E-state index in [1.54, 1.807) is 0 Å². The highest BCUT2D eigenvalue weighted by Crippen LogP contribution is 2.45. The fourth-order valence-corrected chi connectivity index (χ4v) is 5.28. The quantitative estimate of drug-likeness (QED) is 0.239. The van der Waals surface area contributed by atoms with Gasteiger partial charge in [-0.3, -0.25) is 14.4 Å². The molecule has 0 aliphatic carbocycles. The molecule has 7 nitrogen and oxygen atoms in total. The summed E-state index contributed by atoms with van der Waals surface area (Å²) in [6.45, 7) is 14.3. The van der Waals surface area contributed by atoms with Crippen molar-refractivity contribution in [2.24, 2.45) is 11.8 Å². The van der Waals surface area contributed by atoms with E-state index >= 15 is 0 Å². The van der Waals surface area contributed by atoms with Crippen molar-refractivity contribution in [3.05, 3.63) is 35.9 Å². The molecule has 1 aliphatic rings. The maximum atomic E-state index is 13.5. The monoisotopic (exact) mass is 517 g/mol. The number of ether oxygens (including phenoxy) is 2. The molecule has 1 fully saturated rings. The molecule has 0 spiro atoms. The van der Waals surface area contributed by atoms with Gasteiger partial charge in [-0.1, -0.05) is 71.4 Å². The van der Waals surface area contributed by atoms with Crippen molar-refractivity contribution in [2.45, 2.75) is 110 Å². The van der Waals surface area contributed by atoms with Crippen molar-refractivity contribution in [1.82, 2.24) is 5.06 Å². The molecule has 208 valence electrons. The van der Waals surface area contributed by atoms with Crippen molar-refractivity contribution < 1.29 is 28.7 Å². The van der Waals surface area contributed by atoms with E-state index in [0.29, 0.717) is 25.7 Å². The molecular weight excluding hydrogens is 470 g/mol. The Labute approximate surface area is 223 Å². The SMILES string of the molecule is CCCCOC(=O)C(CC(C)c1ccccc1)C(ON1C(C)(CC)CC(=O)C(C)C1(C)CC)C(=O)OC. The molecule has 0 bridgehead atoms. The summed E-state index contributed by atoms with van der Waals surface area (Å²) in [7, 11) is 1.30. The lowest BCUT2D eigenvalue weighted by atomic mass is 9.70. The van der Waals surface area contributed by atoms with Gasteiger partial charge >= 0.3 is 11.9 Å². The van der Waals surface area contributed by atoms with Gasteiger partial charge in [0.25, 0.3) is 0 Å². The zero-order valence-electron chi connectivity index (χ0n) is 24.0. The summed E-state index contributed by atoms with van der Waals surface area (Å²) in [5.74, 6) is -2.12. The number of hydrogen-bond acceptors (Lipinski definition) is 7. The van der Waals surface area contributed by atoms with Crippen LogP contribution >= 0.6 is 0 Å². The predicted molar refractivity (Wildman–Crippen MR) is 144 cm³/mol. The molecule has 0 N–H and O–H groups in total. The molecule has 1 aromatic carbocycles. The van der Waals surface area contributed by atoms with Gasteiger partial charge in [-0.15, -0.1) is 0 Å². The largest absolute Gasteiger partial charge is 0.467 e. The van der Waals surface area contributed by atoms with Gasteiger partial charge in [-0.2, -0.15) is 5.06 Å². The number of benzene rings is 1. The number of rotatable bonds is 13. The van der Waals surface area contributed by atoms with Crippen LogP contribution in [0.5, 0.6) is 0 Å². The van der Waals surface area contributed by atoms with Crippen molar-refractivity contribution in [3.8, 4) is 0 Å². The van der Waals surface area contributed by atoms with Crippen molar-refractivity contribution in [1.29, 1.82) is 0 Å². The van der Waals surface area contributed by atoms with Crippen LogP contribution in [0.15, 0.2) is 30.3 Å². The van der Waals surface area contributed by atoms with Gasteiger partial charge in [0.1, 0.15) is 5.78 Å². The molecule has 1 aromatic rings. The Morgan fingerprint density at radius 2 is 1.73 bits per heavy atom. The van der Waals surface area contributed by atoms with Gasteiger partial charge in [0, 0.05) is 12.3 Å². The van der Waals surface area contributed by atoms with Crippen LogP contribution in [-0.4, -0.2) is 53.7 Å². The van der Waals surface area contributed by atoms with Gasteiger partial charge in [0.05, 0.1) is 30.7 Å². The van der Waals surface area contributed by atoms with Gasteiger partial charge in [0.15, 0.2) is 6.10 Å². The summed E-state index contributed by atoms with van der Waals surface area (Å²) in [6, 6.07) is 9.89. The molecule has 0 saturated carbocycles. The van der Waals surface area contributed by atoms with Crippen LogP contribution in [0.1, 0.15) is 98.5 Å². The lowest BCUT2D eigenvalue weighted by Gasteiger charge is -2.56. The maximum absolute atomic E-state index is 13.5. The first-order chi connectivity index (χ1) is 17.5. The van der Waals surface area contributed by atoms with Crippen LogP contribution in [0.4, 0.5) is 0 Å².